The maximum absolute atomic E-state index is 12.0. The Labute approximate surface area is 140 Å². The molecule has 1 heterocycles. The molecule has 0 spiro atoms. The molecule has 1 aliphatic rings. The first-order valence-corrected chi connectivity index (χ1v) is 8.96. The summed E-state index contributed by atoms with van der Waals surface area (Å²) < 4.78 is 1.55. The van der Waals surface area contributed by atoms with Crippen LogP contribution in [0.1, 0.15) is 43.6 Å². The lowest BCUT2D eigenvalue weighted by atomic mass is 9.84. The largest absolute Gasteiger partial charge is 0.325 e. The molecule has 0 saturated heterocycles. The van der Waals surface area contributed by atoms with E-state index in [0.29, 0.717) is 16.8 Å². The van der Waals surface area contributed by atoms with E-state index in [0.717, 1.165) is 5.69 Å². The molecule has 122 valence electrons. The first-order chi connectivity index (χ1) is 11.2. The summed E-state index contributed by atoms with van der Waals surface area (Å²) in [6.07, 6.45) is 6.60. The summed E-state index contributed by atoms with van der Waals surface area (Å²) in [5, 5.41) is 14.7. The number of nitrogens with one attached hydrogen (secondary N) is 1. The van der Waals surface area contributed by atoms with Crippen LogP contribution in [-0.4, -0.2) is 31.9 Å². The second-order valence-electron chi connectivity index (χ2n) is 5.88. The minimum Gasteiger partial charge on any atom is -0.325 e. The van der Waals surface area contributed by atoms with Crippen molar-refractivity contribution in [3.63, 3.8) is 0 Å². The van der Waals surface area contributed by atoms with Crippen LogP contribution in [0.15, 0.2) is 29.4 Å². The van der Waals surface area contributed by atoms with Gasteiger partial charge in [-0.05, 0) is 46.9 Å². The average molecular weight is 331 g/mol. The van der Waals surface area contributed by atoms with E-state index >= 15 is 0 Å². The van der Waals surface area contributed by atoms with Crippen LogP contribution in [0, 0.1) is 0 Å². The summed E-state index contributed by atoms with van der Waals surface area (Å²) in [4.78, 5) is 12.0. The predicted octanol–water partition coefficient (Wildman–Crippen LogP) is 2.99. The quantitative estimate of drug-likeness (QED) is 0.853. The maximum atomic E-state index is 12.0. The number of amides is 1. The summed E-state index contributed by atoms with van der Waals surface area (Å²) in [5.41, 5.74) is 2.23. The van der Waals surface area contributed by atoms with Crippen LogP contribution in [0.4, 0.5) is 5.69 Å². The number of anilines is 1. The molecule has 0 atom stereocenters. The highest BCUT2D eigenvalue weighted by molar-refractivity contribution is 7.99. The fraction of sp³-hybridized carbons (Fsp3) is 0.500. The standard InChI is InChI=1S/C16H21N5OS/c1-21-16(18-19-20-21)23-11-15(22)17-14-9-7-13(8-10-14)12-5-3-2-4-6-12/h7-10,12H,2-6,11H2,1H3,(H,17,22). The van der Waals surface area contributed by atoms with Gasteiger partial charge in [0.05, 0.1) is 5.75 Å². The third kappa shape index (κ3) is 4.31. The predicted molar refractivity (Wildman–Crippen MR) is 90.4 cm³/mol. The van der Waals surface area contributed by atoms with Crippen LogP contribution in [-0.2, 0) is 11.8 Å². The van der Waals surface area contributed by atoms with Gasteiger partial charge >= 0.3 is 0 Å². The van der Waals surface area contributed by atoms with Crippen molar-refractivity contribution in [3.05, 3.63) is 29.8 Å². The molecule has 0 bridgehead atoms. The Morgan fingerprint density at radius 3 is 2.65 bits per heavy atom. The van der Waals surface area contributed by atoms with E-state index in [4.69, 9.17) is 0 Å². The van der Waals surface area contributed by atoms with Gasteiger partial charge in [0.2, 0.25) is 11.1 Å². The molecule has 1 aromatic heterocycles. The van der Waals surface area contributed by atoms with E-state index in [1.165, 1.54) is 49.4 Å². The second-order valence-corrected chi connectivity index (χ2v) is 6.82. The van der Waals surface area contributed by atoms with Crippen molar-refractivity contribution in [2.24, 2.45) is 7.05 Å². The molecule has 0 aliphatic heterocycles. The van der Waals surface area contributed by atoms with Gasteiger partial charge in [-0.15, -0.1) is 5.10 Å². The first-order valence-electron chi connectivity index (χ1n) is 7.97. The summed E-state index contributed by atoms with van der Waals surface area (Å²) in [7, 11) is 1.75. The smallest absolute Gasteiger partial charge is 0.234 e. The Kier molecular flexibility index (Phi) is 5.27. The van der Waals surface area contributed by atoms with Crippen LogP contribution in [0.25, 0.3) is 0 Å². The van der Waals surface area contributed by atoms with E-state index < -0.39 is 0 Å². The highest BCUT2D eigenvalue weighted by Gasteiger charge is 2.15. The Morgan fingerprint density at radius 1 is 1.26 bits per heavy atom. The molecule has 2 aromatic rings. The number of carbonyl (C=O) groups is 1. The van der Waals surface area contributed by atoms with Gasteiger partial charge < -0.3 is 5.32 Å². The number of hydrogen-bond donors (Lipinski definition) is 1. The highest BCUT2D eigenvalue weighted by Crippen LogP contribution is 2.32. The molecule has 1 aliphatic carbocycles. The van der Waals surface area contributed by atoms with Crippen molar-refractivity contribution in [3.8, 4) is 0 Å². The number of carbonyl (C=O) groups excluding carboxylic acids is 1. The molecule has 1 aromatic carbocycles. The number of aromatic nitrogens is 4. The molecule has 1 saturated carbocycles. The van der Waals surface area contributed by atoms with E-state index in [1.54, 1.807) is 11.7 Å². The fourth-order valence-corrected chi connectivity index (χ4v) is 3.60. The van der Waals surface area contributed by atoms with Gasteiger partial charge in [0.15, 0.2) is 0 Å². The minimum absolute atomic E-state index is 0.0524. The molecule has 1 fully saturated rings. The average Bonchev–Trinajstić information content (AvgIpc) is 3.00. The molecular formula is C16H21N5OS. The molecule has 1 N–H and O–H groups in total. The lowest BCUT2D eigenvalue weighted by molar-refractivity contribution is -0.113. The van der Waals surface area contributed by atoms with Gasteiger partial charge in [-0.1, -0.05) is 43.2 Å². The molecule has 0 unspecified atom stereocenters. The number of rotatable bonds is 5. The van der Waals surface area contributed by atoms with Crippen molar-refractivity contribution in [1.82, 2.24) is 20.2 Å². The maximum Gasteiger partial charge on any atom is 0.234 e. The van der Waals surface area contributed by atoms with Crippen molar-refractivity contribution in [2.75, 3.05) is 11.1 Å². The lowest BCUT2D eigenvalue weighted by Gasteiger charge is -2.22. The highest BCUT2D eigenvalue weighted by atomic mass is 32.2. The molecular weight excluding hydrogens is 310 g/mol. The number of hydrogen-bond acceptors (Lipinski definition) is 5. The second kappa shape index (κ2) is 7.59. The fourth-order valence-electron chi connectivity index (χ4n) is 2.95. The van der Waals surface area contributed by atoms with Crippen molar-refractivity contribution in [1.29, 1.82) is 0 Å². The first kappa shape index (κ1) is 16.0. The Morgan fingerprint density at radius 2 is 2.00 bits per heavy atom. The molecule has 3 rings (SSSR count). The van der Waals surface area contributed by atoms with Gasteiger partial charge in [-0.2, -0.15) is 0 Å². The van der Waals surface area contributed by atoms with E-state index in [-0.39, 0.29) is 5.91 Å². The summed E-state index contributed by atoms with van der Waals surface area (Å²) in [6.45, 7) is 0. The summed E-state index contributed by atoms with van der Waals surface area (Å²) in [6, 6.07) is 8.28. The van der Waals surface area contributed by atoms with E-state index in [1.807, 2.05) is 12.1 Å². The minimum atomic E-state index is -0.0524. The van der Waals surface area contributed by atoms with E-state index in [2.05, 4.69) is 33.0 Å². The zero-order chi connectivity index (χ0) is 16.1. The molecule has 6 nitrogen and oxygen atoms in total. The molecule has 0 radical (unpaired) electrons. The Hall–Kier alpha value is -1.89. The molecule has 1 amide bonds. The van der Waals surface area contributed by atoms with Gasteiger partial charge in [0.25, 0.3) is 0 Å². The Bertz CT molecular complexity index is 649. The van der Waals surface area contributed by atoms with Crippen molar-refractivity contribution < 1.29 is 4.79 Å². The lowest BCUT2D eigenvalue weighted by Crippen LogP contribution is -2.14. The third-order valence-corrected chi connectivity index (χ3v) is 5.20. The van der Waals surface area contributed by atoms with Gasteiger partial charge in [0, 0.05) is 12.7 Å². The normalized spacial score (nSPS) is 15.5. The zero-order valence-electron chi connectivity index (χ0n) is 13.2. The third-order valence-electron chi connectivity index (χ3n) is 4.18. The SMILES string of the molecule is Cn1nnnc1SCC(=O)Nc1ccc(C2CCCCC2)cc1. The monoisotopic (exact) mass is 331 g/mol. The van der Waals surface area contributed by atoms with Crippen LogP contribution < -0.4 is 5.32 Å². The van der Waals surface area contributed by atoms with Crippen molar-refractivity contribution >= 4 is 23.4 Å². The van der Waals surface area contributed by atoms with Gasteiger partial charge in [-0.3, -0.25) is 4.79 Å². The van der Waals surface area contributed by atoms with Crippen LogP contribution >= 0.6 is 11.8 Å². The van der Waals surface area contributed by atoms with Crippen LogP contribution in [0.2, 0.25) is 0 Å². The van der Waals surface area contributed by atoms with Gasteiger partial charge in [0.1, 0.15) is 0 Å². The number of tetrazole rings is 1. The van der Waals surface area contributed by atoms with Gasteiger partial charge in [-0.25, -0.2) is 4.68 Å². The number of nitrogens with zero attached hydrogens (tertiary/aromatic N) is 4. The Balaban J connectivity index is 1.51. The van der Waals surface area contributed by atoms with E-state index in [9.17, 15) is 4.79 Å². The van der Waals surface area contributed by atoms with Crippen LogP contribution in [0.3, 0.4) is 0 Å². The topological polar surface area (TPSA) is 72.7 Å². The summed E-state index contributed by atoms with van der Waals surface area (Å²) >= 11 is 1.32. The number of aryl methyl sites for hydroxylation is 1. The number of benzene rings is 1. The van der Waals surface area contributed by atoms with Crippen LogP contribution in [0.5, 0.6) is 0 Å². The van der Waals surface area contributed by atoms with Crippen molar-refractivity contribution in [2.45, 2.75) is 43.2 Å². The molecule has 23 heavy (non-hydrogen) atoms. The summed E-state index contributed by atoms with van der Waals surface area (Å²) in [5.74, 6) is 0.925. The molecule has 7 heteroatoms. The zero-order valence-corrected chi connectivity index (χ0v) is 14.1. The number of thioether (sulfide) groups is 1.